The largest absolute Gasteiger partial charge is 0.458 e. The molecule has 0 aromatic carbocycles. The molecule has 1 fully saturated rings. The number of nitrogens with zero attached hydrogens (tertiary/aromatic N) is 1. The van der Waals surface area contributed by atoms with Gasteiger partial charge in [-0.3, -0.25) is 5.10 Å². The molecule has 0 atom stereocenters. The Morgan fingerprint density at radius 3 is 2.60 bits per heavy atom. The highest BCUT2D eigenvalue weighted by Crippen LogP contribution is 2.26. The van der Waals surface area contributed by atoms with Gasteiger partial charge in [-0.15, -0.1) is 0 Å². The molecule has 8 heteroatoms. The minimum atomic E-state index is -4.04. The Hall–Kier alpha value is -1.08. The van der Waals surface area contributed by atoms with Gasteiger partial charge in [-0.05, 0) is 32.1 Å². The van der Waals surface area contributed by atoms with Crippen molar-refractivity contribution >= 4 is 25.7 Å². The summed E-state index contributed by atoms with van der Waals surface area (Å²) in [5.74, 6) is -0.730. The molecule has 0 saturated heterocycles. The molecule has 0 bridgehead atoms. The molecule has 2 rings (SSSR count). The number of halogens is 1. The Bertz CT molecular complexity index is 591. The van der Waals surface area contributed by atoms with E-state index >= 15 is 0 Å². The average Bonchev–Trinajstić information content (AvgIpc) is 2.83. The summed E-state index contributed by atoms with van der Waals surface area (Å²) in [5, 5.41) is 6.29. The minimum absolute atomic E-state index is 0.163. The maximum absolute atomic E-state index is 12.1. The summed E-state index contributed by atoms with van der Waals surface area (Å²) in [6, 6.07) is 0. The fraction of sp³-hybridized carbons (Fsp3) is 0.667. The highest BCUT2D eigenvalue weighted by Gasteiger charge is 2.30. The van der Waals surface area contributed by atoms with Crippen LogP contribution in [0.15, 0.2) is 4.90 Å². The number of carbonyl (C=O) groups is 1. The number of nitrogens with one attached hydrogen (secondary N) is 1. The lowest BCUT2D eigenvalue weighted by Crippen LogP contribution is -2.22. The molecule has 1 heterocycles. The number of aryl methyl sites for hydroxylation is 1. The molecule has 1 aliphatic rings. The summed E-state index contributed by atoms with van der Waals surface area (Å²) in [5.41, 5.74) is 0.0676. The van der Waals surface area contributed by atoms with Crippen LogP contribution >= 0.6 is 10.7 Å². The average molecular weight is 321 g/mol. The topological polar surface area (TPSA) is 89.1 Å². The predicted molar refractivity (Wildman–Crippen MR) is 73.3 cm³/mol. The zero-order valence-electron chi connectivity index (χ0n) is 11.2. The van der Waals surface area contributed by atoms with Gasteiger partial charge in [0.1, 0.15) is 11.0 Å². The third-order valence-electron chi connectivity index (χ3n) is 3.41. The molecule has 0 aliphatic heterocycles. The van der Waals surface area contributed by atoms with Crippen molar-refractivity contribution in [2.24, 2.45) is 0 Å². The van der Waals surface area contributed by atoms with Crippen molar-refractivity contribution in [3.05, 3.63) is 11.4 Å². The number of aromatic nitrogens is 2. The van der Waals surface area contributed by atoms with Crippen molar-refractivity contribution < 1.29 is 17.9 Å². The molecule has 20 heavy (non-hydrogen) atoms. The smallest absolute Gasteiger partial charge is 0.360 e. The van der Waals surface area contributed by atoms with Crippen LogP contribution in [0.2, 0.25) is 0 Å². The summed E-state index contributed by atoms with van der Waals surface area (Å²) < 4.78 is 28.5. The van der Waals surface area contributed by atoms with Crippen LogP contribution in [0.1, 0.15) is 55.2 Å². The van der Waals surface area contributed by atoms with E-state index in [0.29, 0.717) is 12.1 Å². The van der Waals surface area contributed by atoms with E-state index in [1.54, 1.807) is 6.92 Å². The molecule has 1 aromatic heterocycles. The van der Waals surface area contributed by atoms with E-state index in [0.717, 1.165) is 32.1 Å². The van der Waals surface area contributed by atoms with Crippen molar-refractivity contribution in [2.75, 3.05) is 0 Å². The van der Waals surface area contributed by atoms with Crippen LogP contribution in [-0.2, 0) is 20.2 Å². The number of carbonyl (C=O) groups excluding carboxylic acids is 1. The third kappa shape index (κ3) is 3.32. The predicted octanol–water partition coefficient (Wildman–Crippen LogP) is 2.39. The van der Waals surface area contributed by atoms with E-state index < -0.39 is 15.0 Å². The Balaban J connectivity index is 2.23. The van der Waals surface area contributed by atoms with Crippen molar-refractivity contribution in [1.29, 1.82) is 0 Å². The second-order valence-corrected chi connectivity index (χ2v) is 7.34. The number of rotatable bonds is 4. The summed E-state index contributed by atoms with van der Waals surface area (Å²) in [4.78, 5) is 11.8. The van der Waals surface area contributed by atoms with E-state index in [1.807, 2.05) is 0 Å². The number of aromatic amines is 1. The first-order valence-corrected chi connectivity index (χ1v) is 8.97. The van der Waals surface area contributed by atoms with Crippen LogP contribution in [0, 0.1) is 0 Å². The van der Waals surface area contributed by atoms with Crippen LogP contribution in [0.3, 0.4) is 0 Å². The van der Waals surface area contributed by atoms with Crippen LogP contribution in [0.5, 0.6) is 0 Å². The van der Waals surface area contributed by atoms with E-state index in [4.69, 9.17) is 15.4 Å². The first-order valence-electron chi connectivity index (χ1n) is 6.66. The fourth-order valence-electron chi connectivity index (χ4n) is 2.40. The Morgan fingerprint density at radius 1 is 1.40 bits per heavy atom. The van der Waals surface area contributed by atoms with E-state index in [1.165, 1.54) is 0 Å². The molecule has 0 spiro atoms. The number of hydrogen-bond donors (Lipinski definition) is 1. The molecular formula is C12H17ClN2O4S. The maximum Gasteiger partial charge on any atom is 0.360 e. The molecule has 112 valence electrons. The lowest BCUT2D eigenvalue weighted by molar-refractivity contribution is 0.0200. The summed E-state index contributed by atoms with van der Waals surface area (Å²) in [6.45, 7) is 1.75. The quantitative estimate of drug-likeness (QED) is 0.679. The van der Waals surface area contributed by atoms with Gasteiger partial charge in [0.2, 0.25) is 0 Å². The zero-order chi connectivity index (χ0) is 14.8. The van der Waals surface area contributed by atoms with E-state index in [9.17, 15) is 13.2 Å². The van der Waals surface area contributed by atoms with Crippen molar-refractivity contribution in [3.8, 4) is 0 Å². The first-order chi connectivity index (χ1) is 9.43. The molecule has 1 aromatic rings. The van der Waals surface area contributed by atoms with Gasteiger partial charge in [0.25, 0.3) is 9.05 Å². The van der Waals surface area contributed by atoms with Gasteiger partial charge in [-0.1, -0.05) is 13.3 Å². The Labute approximate surface area is 122 Å². The lowest BCUT2D eigenvalue weighted by Gasteiger charge is -2.21. The molecule has 0 unspecified atom stereocenters. The van der Waals surface area contributed by atoms with Gasteiger partial charge < -0.3 is 4.74 Å². The van der Waals surface area contributed by atoms with Gasteiger partial charge in [-0.25, -0.2) is 13.2 Å². The second-order valence-electron chi connectivity index (χ2n) is 4.84. The SMILES string of the molecule is CCc1[nH]nc(C(=O)OC2CCCCC2)c1S(=O)(=O)Cl. The summed E-state index contributed by atoms with van der Waals surface area (Å²) >= 11 is 0. The Kier molecular flexibility index (Phi) is 4.70. The molecule has 1 N–H and O–H groups in total. The van der Waals surface area contributed by atoms with Crippen molar-refractivity contribution in [1.82, 2.24) is 10.2 Å². The van der Waals surface area contributed by atoms with Gasteiger partial charge in [0.05, 0.1) is 5.69 Å². The molecule has 1 saturated carbocycles. The molecular weight excluding hydrogens is 304 g/mol. The summed E-state index contributed by atoms with van der Waals surface area (Å²) in [6.07, 6.45) is 4.99. The van der Waals surface area contributed by atoms with Gasteiger partial charge in [-0.2, -0.15) is 5.10 Å². The first kappa shape index (κ1) is 15.3. The zero-order valence-corrected chi connectivity index (χ0v) is 12.8. The second kappa shape index (κ2) is 6.13. The van der Waals surface area contributed by atoms with Crippen LogP contribution in [0.25, 0.3) is 0 Å². The summed E-state index contributed by atoms with van der Waals surface area (Å²) in [7, 11) is 1.34. The Morgan fingerprint density at radius 2 is 2.05 bits per heavy atom. The molecule has 1 aliphatic carbocycles. The molecule has 0 amide bonds. The maximum atomic E-state index is 12.1. The van der Waals surface area contributed by atoms with E-state index in [-0.39, 0.29) is 16.7 Å². The molecule has 0 radical (unpaired) electrons. The van der Waals surface area contributed by atoms with Crippen molar-refractivity contribution in [2.45, 2.75) is 56.4 Å². The highest BCUT2D eigenvalue weighted by molar-refractivity contribution is 8.13. The number of esters is 1. The third-order valence-corrected chi connectivity index (χ3v) is 4.80. The van der Waals surface area contributed by atoms with Crippen LogP contribution < -0.4 is 0 Å². The minimum Gasteiger partial charge on any atom is -0.458 e. The van der Waals surface area contributed by atoms with Gasteiger partial charge >= 0.3 is 5.97 Å². The normalized spacial score (nSPS) is 17.1. The van der Waals surface area contributed by atoms with Crippen molar-refractivity contribution in [3.63, 3.8) is 0 Å². The monoisotopic (exact) mass is 320 g/mol. The van der Waals surface area contributed by atoms with Gasteiger partial charge in [0.15, 0.2) is 5.69 Å². The lowest BCUT2D eigenvalue weighted by atomic mass is 9.98. The number of H-pyrrole nitrogens is 1. The number of hydrogen-bond acceptors (Lipinski definition) is 5. The van der Waals surface area contributed by atoms with Crippen LogP contribution in [0.4, 0.5) is 0 Å². The van der Waals surface area contributed by atoms with E-state index in [2.05, 4.69) is 10.2 Å². The fourth-order valence-corrected chi connectivity index (χ4v) is 3.74. The van der Waals surface area contributed by atoms with Gasteiger partial charge in [0, 0.05) is 10.7 Å². The number of ether oxygens (including phenoxy) is 1. The van der Waals surface area contributed by atoms with Crippen LogP contribution in [-0.4, -0.2) is 30.7 Å². The highest BCUT2D eigenvalue weighted by atomic mass is 35.7. The molecule has 6 nitrogen and oxygen atoms in total. The standard InChI is InChI=1S/C12H17ClN2O4S/c1-2-9-11(20(13,17)18)10(15-14-9)12(16)19-8-6-4-3-5-7-8/h8H,2-7H2,1H3,(H,14,15).